The van der Waals surface area contributed by atoms with Gasteiger partial charge in [0.05, 0.1) is 5.69 Å². The number of carbonyl (C=O) groups is 2. The number of likely N-dealkylation sites (tertiary alicyclic amines) is 1. The van der Waals surface area contributed by atoms with Crippen LogP contribution in [0, 0.1) is 17.5 Å². The second-order valence-electron chi connectivity index (χ2n) is 5.58. The van der Waals surface area contributed by atoms with Crippen LogP contribution in [-0.4, -0.2) is 34.8 Å². The molecule has 0 aliphatic carbocycles. The molecule has 2 aromatic rings. The van der Waals surface area contributed by atoms with Crippen molar-refractivity contribution < 1.29 is 22.8 Å². The zero-order chi connectivity index (χ0) is 18.0. The average Bonchev–Trinajstić information content (AvgIpc) is 3.16. The van der Waals surface area contributed by atoms with Gasteiger partial charge in [-0.25, -0.2) is 18.2 Å². The van der Waals surface area contributed by atoms with Crippen molar-refractivity contribution in [2.45, 2.75) is 12.8 Å². The number of rotatable bonds is 3. The minimum Gasteiger partial charge on any atom is -0.337 e. The minimum atomic E-state index is -1.68. The van der Waals surface area contributed by atoms with Crippen LogP contribution in [0.1, 0.15) is 33.8 Å². The summed E-state index contributed by atoms with van der Waals surface area (Å²) < 4.78 is 39.8. The third-order valence-corrected chi connectivity index (χ3v) is 3.88. The maximum atomic E-state index is 13.6. The lowest BCUT2D eigenvalue weighted by Crippen LogP contribution is -2.29. The Morgan fingerprint density at radius 3 is 2.36 bits per heavy atom. The highest BCUT2D eigenvalue weighted by molar-refractivity contribution is 6.03. The molecule has 8 heteroatoms. The van der Waals surface area contributed by atoms with Gasteiger partial charge in [-0.2, -0.15) is 0 Å². The normalized spacial score (nSPS) is 13.8. The van der Waals surface area contributed by atoms with E-state index < -0.39 is 29.0 Å². The fourth-order valence-electron chi connectivity index (χ4n) is 2.57. The molecule has 2 amide bonds. The average molecular weight is 349 g/mol. The van der Waals surface area contributed by atoms with Crippen LogP contribution in [0.4, 0.5) is 18.9 Å². The van der Waals surface area contributed by atoms with Gasteiger partial charge >= 0.3 is 0 Å². The Hall–Kier alpha value is -2.90. The quantitative estimate of drug-likeness (QED) is 0.867. The van der Waals surface area contributed by atoms with E-state index in [4.69, 9.17) is 0 Å². The molecule has 0 atom stereocenters. The van der Waals surface area contributed by atoms with Crippen LogP contribution in [0.2, 0.25) is 0 Å². The second kappa shape index (κ2) is 6.92. The predicted octanol–water partition coefficient (Wildman–Crippen LogP) is 2.99. The lowest BCUT2D eigenvalue weighted by Gasteiger charge is -2.14. The number of hydrogen-bond acceptors (Lipinski definition) is 3. The van der Waals surface area contributed by atoms with Crippen LogP contribution >= 0.6 is 0 Å². The zero-order valence-electron chi connectivity index (χ0n) is 13.1. The summed E-state index contributed by atoms with van der Waals surface area (Å²) in [4.78, 5) is 30.1. The molecule has 130 valence electrons. The molecule has 0 bridgehead atoms. The van der Waals surface area contributed by atoms with E-state index in [9.17, 15) is 22.8 Å². The number of pyridine rings is 1. The molecular formula is C17H14F3N3O2. The van der Waals surface area contributed by atoms with E-state index in [1.54, 1.807) is 4.90 Å². The Kier molecular flexibility index (Phi) is 4.69. The molecular weight excluding hydrogens is 335 g/mol. The van der Waals surface area contributed by atoms with Crippen molar-refractivity contribution in [3.8, 4) is 0 Å². The summed E-state index contributed by atoms with van der Waals surface area (Å²) in [6.07, 6.45) is 1.84. The molecule has 2 heterocycles. The highest BCUT2D eigenvalue weighted by Gasteiger charge is 2.22. The first-order valence-electron chi connectivity index (χ1n) is 7.68. The largest absolute Gasteiger partial charge is 0.337 e. The smallest absolute Gasteiger partial charge is 0.274 e. The van der Waals surface area contributed by atoms with Gasteiger partial charge in [0, 0.05) is 13.1 Å². The van der Waals surface area contributed by atoms with Crippen molar-refractivity contribution in [3.63, 3.8) is 0 Å². The molecule has 25 heavy (non-hydrogen) atoms. The molecule has 0 saturated carbocycles. The Bertz CT molecular complexity index is 836. The van der Waals surface area contributed by atoms with Crippen LogP contribution in [0.5, 0.6) is 0 Å². The molecule has 1 saturated heterocycles. The van der Waals surface area contributed by atoms with Gasteiger partial charge in [0.15, 0.2) is 17.5 Å². The van der Waals surface area contributed by atoms with E-state index in [0.717, 1.165) is 18.9 Å². The van der Waals surface area contributed by atoms with Gasteiger partial charge < -0.3 is 10.2 Å². The first-order chi connectivity index (χ1) is 12.0. The maximum Gasteiger partial charge on any atom is 0.274 e. The molecule has 0 unspecified atom stereocenters. The van der Waals surface area contributed by atoms with Crippen LogP contribution < -0.4 is 5.32 Å². The molecule has 0 spiro atoms. The van der Waals surface area contributed by atoms with Crippen LogP contribution in [0.25, 0.3) is 0 Å². The van der Waals surface area contributed by atoms with Gasteiger partial charge in [0.25, 0.3) is 11.8 Å². The van der Waals surface area contributed by atoms with Crippen molar-refractivity contribution in [3.05, 3.63) is 59.2 Å². The van der Waals surface area contributed by atoms with Gasteiger partial charge in [-0.15, -0.1) is 0 Å². The van der Waals surface area contributed by atoms with Crippen molar-refractivity contribution in [1.29, 1.82) is 0 Å². The molecule has 1 fully saturated rings. The number of hydrogen-bond donors (Lipinski definition) is 1. The zero-order valence-corrected chi connectivity index (χ0v) is 13.1. The SMILES string of the molecule is O=C(Nc1ccc(F)c(F)c1F)c1cccc(C(=O)N2CCCC2)n1. The Morgan fingerprint density at radius 2 is 1.64 bits per heavy atom. The highest BCUT2D eigenvalue weighted by Crippen LogP contribution is 2.20. The Morgan fingerprint density at radius 1 is 0.960 bits per heavy atom. The van der Waals surface area contributed by atoms with Crippen molar-refractivity contribution in [2.75, 3.05) is 18.4 Å². The number of anilines is 1. The first kappa shape index (κ1) is 16.9. The number of amides is 2. The first-order valence-corrected chi connectivity index (χ1v) is 7.68. The second-order valence-corrected chi connectivity index (χ2v) is 5.58. The Balaban J connectivity index is 1.80. The topological polar surface area (TPSA) is 62.3 Å². The number of halogens is 3. The summed E-state index contributed by atoms with van der Waals surface area (Å²) in [7, 11) is 0. The monoisotopic (exact) mass is 349 g/mol. The summed E-state index contributed by atoms with van der Waals surface area (Å²) in [6, 6.07) is 5.91. The predicted molar refractivity (Wildman–Crippen MR) is 83.6 cm³/mol. The fraction of sp³-hybridized carbons (Fsp3) is 0.235. The van der Waals surface area contributed by atoms with Crippen molar-refractivity contribution in [2.24, 2.45) is 0 Å². The number of aromatic nitrogens is 1. The summed E-state index contributed by atoms with van der Waals surface area (Å²) in [5.41, 5.74) is -0.545. The summed E-state index contributed by atoms with van der Waals surface area (Å²) >= 11 is 0. The van der Waals surface area contributed by atoms with Crippen LogP contribution in [-0.2, 0) is 0 Å². The van der Waals surface area contributed by atoms with Crippen LogP contribution in [0.15, 0.2) is 30.3 Å². The number of carbonyl (C=O) groups excluding carboxylic acids is 2. The molecule has 1 aliphatic heterocycles. The van der Waals surface area contributed by atoms with Gasteiger partial charge in [0.2, 0.25) is 0 Å². The van der Waals surface area contributed by atoms with E-state index in [0.29, 0.717) is 19.2 Å². The molecule has 1 aliphatic rings. The molecule has 3 rings (SSSR count). The van der Waals surface area contributed by atoms with E-state index in [1.165, 1.54) is 18.2 Å². The van der Waals surface area contributed by atoms with Crippen molar-refractivity contribution >= 4 is 17.5 Å². The molecule has 0 radical (unpaired) electrons. The van der Waals surface area contributed by atoms with E-state index >= 15 is 0 Å². The standard InChI is InChI=1S/C17H14F3N3O2/c18-10-6-7-11(15(20)14(10)19)22-16(24)12-4-3-5-13(21-12)17(25)23-8-1-2-9-23/h3-7H,1-2,8-9H2,(H,22,24). The molecule has 1 aromatic heterocycles. The molecule has 5 nitrogen and oxygen atoms in total. The summed E-state index contributed by atoms with van der Waals surface area (Å²) in [6.45, 7) is 1.27. The number of benzene rings is 1. The third-order valence-electron chi connectivity index (χ3n) is 3.88. The maximum absolute atomic E-state index is 13.6. The lowest BCUT2D eigenvalue weighted by atomic mass is 10.2. The molecule has 1 N–H and O–H groups in total. The van der Waals surface area contributed by atoms with Gasteiger partial charge in [0.1, 0.15) is 11.4 Å². The van der Waals surface area contributed by atoms with E-state index in [2.05, 4.69) is 10.3 Å². The highest BCUT2D eigenvalue weighted by atomic mass is 19.2. The fourth-order valence-corrected chi connectivity index (χ4v) is 2.57. The van der Waals surface area contributed by atoms with E-state index in [1.807, 2.05) is 0 Å². The van der Waals surface area contributed by atoms with Gasteiger partial charge in [-0.3, -0.25) is 9.59 Å². The number of nitrogens with zero attached hydrogens (tertiary/aromatic N) is 2. The van der Waals surface area contributed by atoms with Crippen molar-refractivity contribution in [1.82, 2.24) is 9.88 Å². The summed E-state index contributed by atoms with van der Waals surface area (Å²) in [5, 5.41) is 2.12. The van der Waals surface area contributed by atoms with E-state index in [-0.39, 0.29) is 17.3 Å². The number of nitrogens with one attached hydrogen (secondary N) is 1. The minimum absolute atomic E-state index is 0.0975. The van der Waals surface area contributed by atoms with Crippen LogP contribution in [0.3, 0.4) is 0 Å². The van der Waals surface area contributed by atoms with Gasteiger partial charge in [-0.05, 0) is 37.1 Å². The summed E-state index contributed by atoms with van der Waals surface area (Å²) in [5.74, 6) is -5.65. The Labute approximate surface area is 141 Å². The molecule has 1 aromatic carbocycles. The lowest BCUT2D eigenvalue weighted by molar-refractivity contribution is 0.0787. The van der Waals surface area contributed by atoms with Gasteiger partial charge in [-0.1, -0.05) is 6.07 Å². The third kappa shape index (κ3) is 3.47.